The van der Waals surface area contributed by atoms with E-state index in [2.05, 4.69) is 57.0 Å². The molecule has 2 heterocycles. The van der Waals surface area contributed by atoms with Crippen LogP contribution in [-0.2, 0) is 6.54 Å². The van der Waals surface area contributed by atoms with Crippen molar-refractivity contribution < 1.29 is 0 Å². The van der Waals surface area contributed by atoms with Gasteiger partial charge in [-0.05, 0) is 55.3 Å². The second-order valence-corrected chi connectivity index (χ2v) is 7.19. The van der Waals surface area contributed by atoms with E-state index >= 15 is 0 Å². The number of aryl methyl sites for hydroxylation is 1. The van der Waals surface area contributed by atoms with Crippen molar-refractivity contribution in [1.82, 2.24) is 10.3 Å². The van der Waals surface area contributed by atoms with Crippen molar-refractivity contribution in [1.29, 1.82) is 0 Å². The Morgan fingerprint density at radius 3 is 2.71 bits per heavy atom. The van der Waals surface area contributed by atoms with Gasteiger partial charge in [0.1, 0.15) is 5.82 Å². The quantitative estimate of drug-likeness (QED) is 0.897. The molecule has 2 unspecified atom stereocenters. The fourth-order valence-electron chi connectivity index (χ4n) is 2.96. The standard InChI is InChI=1S/C18H31N3/c1-13(2)10-19-11-17-8-16(5)20-18(9-17)21-7-6-14(3)15(4)12-21/h8-9,13-15,19H,6-7,10-12H2,1-5H3. The molecule has 0 saturated carbocycles. The van der Waals surface area contributed by atoms with Crippen LogP contribution in [-0.4, -0.2) is 24.6 Å². The van der Waals surface area contributed by atoms with Crippen LogP contribution >= 0.6 is 0 Å². The lowest BCUT2D eigenvalue weighted by molar-refractivity contribution is 0.322. The number of hydrogen-bond acceptors (Lipinski definition) is 3. The highest BCUT2D eigenvalue weighted by molar-refractivity contribution is 5.43. The summed E-state index contributed by atoms with van der Waals surface area (Å²) in [6, 6.07) is 4.47. The van der Waals surface area contributed by atoms with Crippen molar-refractivity contribution in [3.05, 3.63) is 23.4 Å². The molecule has 0 amide bonds. The largest absolute Gasteiger partial charge is 0.356 e. The molecule has 0 bridgehead atoms. The Hall–Kier alpha value is -1.09. The molecule has 3 heteroatoms. The Morgan fingerprint density at radius 2 is 2.05 bits per heavy atom. The maximum Gasteiger partial charge on any atom is 0.129 e. The summed E-state index contributed by atoms with van der Waals surface area (Å²) in [5.41, 5.74) is 2.48. The molecule has 0 spiro atoms. The zero-order valence-corrected chi connectivity index (χ0v) is 14.3. The minimum absolute atomic E-state index is 0.692. The molecule has 21 heavy (non-hydrogen) atoms. The number of anilines is 1. The molecule has 3 nitrogen and oxygen atoms in total. The predicted octanol–water partition coefficient (Wildman–Crippen LogP) is 3.62. The first-order valence-corrected chi connectivity index (χ1v) is 8.39. The van der Waals surface area contributed by atoms with Crippen LogP contribution in [0, 0.1) is 24.7 Å². The lowest BCUT2D eigenvalue weighted by Crippen LogP contribution is -2.39. The van der Waals surface area contributed by atoms with E-state index in [9.17, 15) is 0 Å². The van der Waals surface area contributed by atoms with E-state index < -0.39 is 0 Å². The Morgan fingerprint density at radius 1 is 1.29 bits per heavy atom. The van der Waals surface area contributed by atoms with Crippen LogP contribution in [0.3, 0.4) is 0 Å². The first-order valence-electron chi connectivity index (χ1n) is 8.39. The SMILES string of the molecule is Cc1cc(CNCC(C)C)cc(N2CCC(C)C(C)C2)n1. The minimum atomic E-state index is 0.692. The first kappa shape index (κ1) is 16.3. The van der Waals surface area contributed by atoms with Crippen LogP contribution in [0.4, 0.5) is 5.82 Å². The van der Waals surface area contributed by atoms with Gasteiger partial charge in [-0.25, -0.2) is 4.98 Å². The lowest BCUT2D eigenvalue weighted by atomic mass is 9.89. The Kier molecular flexibility index (Phi) is 5.63. The lowest BCUT2D eigenvalue weighted by Gasteiger charge is -2.36. The van der Waals surface area contributed by atoms with Gasteiger partial charge < -0.3 is 10.2 Å². The smallest absolute Gasteiger partial charge is 0.129 e. The summed E-state index contributed by atoms with van der Waals surface area (Å²) < 4.78 is 0. The third kappa shape index (κ3) is 4.70. The number of pyridine rings is 1. The van der Waals surface area contributed by atoms with Crippen LogP contribution in [0.2, 0.25) is 0 Å². The molecule has 0 radical (unpaired) electrons. The van der Waals surface area contributed by atoms with E-state index in [1.165, 1.54) is 12.0 Å². The fraction of sp³-hybridized carbons (Fsp3) is 0.722. The van der Waals surface area contributed by atoms with Gasteiger partial charge in [-0.3, -0.25) is 0 Å². The Balaban J connectivity index is 2.04. The summed E-state index contributed by atoms with van der Waals surface area (Å²) in [5.74, 6) is 3.44. The maximum absolute atomic E-state index is 4.76. The topological polar surface area (TPSA) is 28.2 Å². The predicted molar refractivity (Wildman–Crippen MR) is 90.7 cm³/mol. The zero-order valence-electron chi connectivity index (χ0n) is 14.3. The van der Waals surface area contributed by atoms with Crippen LogP contribution in [0.15, 0.2) is 12.1 Å². The van der Waals surface area contributed by atoms with Crippen molar-refractivity contribution in [3.63, 3.8) is 0 Å². The van der Waals surface area contributed by atoms with E-state index in [-0.39, 0.29) is 0 Å². The first-order chi connectivity index (χ1) is 9.95. The van der Waals surface area contributed by atoms with E-state index in [1.807, 2.05) is 0 Å². The van der Waals surface area contributed by atoms with Gasteiger partial charge in [0.05, 0.1) is 0 Å². The van der Waals surface area contributed by atoms with Crippen molar-refractivity contribution >= 4 is 5.82 Å². The van der Waals surface area contributed by atoms with E-state index in [4.69, 9.17) is 4.98 Å². The summed E-state index contributed by atoms with van der Waals surface area (Å²) in [5, 5.41) is 3.53. The van der Waals surface area contributed by atoms with Gasteiger partial charge in [-0.15, -0.1) is 0 Å². The number of rotatable bonds is 5. The van der Waals surface area contributed by atoms with Crippen LogP contribution in [0.1, 0.15) is 45.4 Å². The third-order valence-electron chi connectivity index (χ3n) is 4.54. The molecular weight excluding hydrogens is 258 g/mol. The normalized spacial score (nSPS) is 22.9. The Bertz CT molecular complexity index is 456. The summed E-state index contributed by atoms with van der Waals surface area (Å²) in [7, 11) is 0. The summed E-state index contributed by atoms with van der Waals surface area (Å²) in [4.78, 5) is 7.22. The van der Waals surface area contributed by atoms with Gasteiger partial charge in [0, 0.05) is 25.3 Å². The monoisotopic (exact) mass is 289 g/mol. The van der Waals surface area contributed by atoms with E-state index in [0.717, 1.165) is 49.5 Å². The molecule has 1 fully saturated rings. The second kappa shape index (κ2) is 7.26. The molecule has 0 aromatic carbocycles. The maximum atomic E-state index is 4.76. The van der Waals surface area contributed by atoms with Crippen molar-refractivity contribution in [2.45, 2.75) is 47.6 Å². The van der Waals surface area contributed by atoms with Gasteiger partial charge >= 0.3 is 0 Å². The summed E-state index contributed by atoms with van der Waals surface area (Å²) in [6.07, 6.45) is 1.28. The molecule has 118 valence electrons. The van der Waals surface area contributed by atoms with Crippen molar-refractivity contribution in [2.75, 3.05) is 24.5 Å². The molecular formula is C18H31N3. The van der Waals surface area contributed by atoms with Gasteiger partial charge in [-0.2, -0.15) is 0 Å². The zero-order chi connectivity index (χ0) is 15.4. The molecule has 0 aliphatic carbocycles. The van der Waals surface area contributed by atoms with E-state index in [0.29, 0.717) is 5.92 Å². The van der Waals surface area contributed by atoms with Crippen LogP contribution in [0.5, 0.6) is 0 Å². The number of nitrogens with zero attached hydrogens (tertiary/aromatic N) is 2. The molecule has 1 aromatic rings. The highest BCUT2D eigenvalue weighted by atomic mass is 15.2. The van der Waals surface area contributed by atoms with Crippen LogP contribution < -0.4 is 10.2 Å². The highest BCUT2D eigenvalue weighted by Gasteiger charge is 2.23. The molecule has 1 saturated heterocycles. The molecule has 2 atom stereocenters. The molecule has 1 aliphatic heterocycles. The average molecular weight is 289 g/mol. The minimum Gasteiger partial charge on any atom is -0.356 e. The third-order valence-corrected chi connectivity index (χ3v) is 4.54. The molecule has 2 rings (SSSR count). The van der Waals surface area contributed by atoms with Gasteiger partial charge in [0.2, 0.25) is 0 Å². The molecule has 1 N–H and O–H groups in total. The fourth-order valence-corrected chi connectivity index (χ4v) is 2.96. The molecule has 1 aliphatic rings. The van der Waals surface area contributed by atoms with Crippen molar-refractivity contribution in [2.24, 2.45) is 17.8 Å². The molecule has 1 aromatic heterocycles. The number of aromatic nitrogens is 1. The highest BCUT2D eigenvalue weighted by Crippen LogP contribution is 2.26. The van der Waals surface area contributed by atoms with Gasteiger partial charge in [0.25, 0.3) is 0 Å². The van der Waals surface area contributed by atoms with Crippen molar-refractivity contribution in [3.8, 4) is 0 Å². The average Bonchev–Trinajstić information content (AvgIpc) is 2.41. The number of hydrogen-bond donors (Lipinski definition) is 1. The van der Waals surface area contributed by atoms with Gasteiger partial charge in [0.15, 0.2) is 0 Å². The van der Waals surface area contributed by atoms with E-state index in [1.54, 1.807) is 0 Å². The Labute approximate surface area is 130 Å². The number of nitrogens with one attached hydrogen (secondary N) is 1. The van der Waals surface area contributed by atoms with Gasteiger partial charge in [-0.1, -0.05) is 27.7 Å². The summed E-state index contributed by atoms with van der Waals surface area (Å²) >= 11 is 0. The number of piperidine rings is 1. The second-order valence-electron chi connectivity index (χ2n) is 7.19. The van der Waals surface area contributed by atoms with Crippen LogP contribution in [0.25, 0.3) is 0 Å². The summed E-state index contributed by atoms with van der Waals surface area (Å²) in [6.45, 7) is 15.6.